The lowest BCUT2D eigenvalue weighted by molar-refractivity contribution is -0.276. The fourth-order valence-corrected chi connectivity index (χ4v) is 0.877. The second-order valence-corrected chi connectivity index (χ2v) is 3.18. The molecule has 0 saturated heterocycles. The van der Waals surface area contributed by atoms with Crippen LogP contribution >= 0.6 is 0 Å². The van der Waals surface area contributed by atoms with E-state index in [4.69, 9.17) is 5.11 Å². The molecule has 0 bridgehead atoms. The van der Waals surface area contributed by atoms with Crippen LogP contribution in [0.5, 0.6) is 0 Å². The summed E-state index contributed by atoms with van der Waals surface area (Å²) in [6.07, 6.45) is -15.7. The monoisotopic (exact) mass is 302 g/mol. The van der Waals surface area contributed by atoms with Crippen molar-refractivity contribution in [2.24, 2.45) is 0 Å². The maximum absolute atomic E-state index is 12.9. The maximum atomic E-state index is 12.9. The third-order valence-corrected chi connectivity index (χ3v) is 1.83. The van der Waals surface area contributed by atoms with E-state index < -0.39 is 42.5 Å². The first-order chi connectivity index (χ1) is 8.35. The Balaban J connectivity index is 5.23. The molecule has 0 fully saturated rings. The number of hydrogen-bond donors (Lipinski definition) is 1. The Morgan fingerprint density at radius 3 is 1.79 bits per heavy atom. The molecule has 3 nitrogen and oxygen atoms in total. The van der Waals surface area contributed by atoms with Crippen molar-refractivity contribution in [2.75, 3.05) is 0 Å². The Hall–Kier alpha value is -1.55. The number of ether oxygens (including phenoxy) is 1. The minimum atomic E-state index is -6.09. The van der Waals surface area contributed by atoms with E-state index >= 15 is 0 Å². The van der Waals surface area contributed by atoms with Crippen LogP contribution in [0, 0.1) is 0 Å². The summed E-state index contributed by atoms with van der Waals surface area (Å²) in [6, 6.07) is 0. The second kappa shape index (κ2) is 5.61. The van der Waals surface area contributed by atoms with Crippen molar-refractivity contribution in [1.82, 2.24) is 0 Å². The first kappa shape index (κ1) is 17.4. The van der Waals surface area contributed by atoms with Crippen molar-refractivity contribution in [3.8, 4) is 0 Å². The largest absolute Gasteiger partial charge is 0.511 e. The summed E-state index contributed by atoms with van der Waals surface area (Å²) >= 11 is 0. The molecule has 0 rings (SSSR count). The van der Waals surface area contributed by atoms with Crippen LogP contribution in [0.2, 0.25) is 0 Å². The highest BCUT2D eigenvalue weighted by Gasteiger charge is 2.69. The van der Waals surface area contributed by atoms with Crippen LogP contribution in [0.3, 0.4) is 0 Å². The molecule has 1 N–H and O–H groups in total. The zero-order valence-electron chi connectivity index (χ0n) is 8.73. The SMILES string of the molecule is C=C(OC(=O)O)C(F)C(F)(F)C(F)(F)C(F)C(F)F. The zero-order chi connectivity index (χ0) is 15.6. The summed E-state index contributed by atoms with van der Waals surface area (Å²) in [5.74, 6) is -14.1. The van der Waals surface area contributed by atoms with Gasteiger partial charge in [0.2, 0.25) is 12.3 Å². The minimum absolute atomic E-state index is 1.99. The van der Waals surface area contributed by atoms with Crippen LogP contribution in [-0.2, 0) is 4.74 Å². The first-order valence-electron chi connectivity index (χ1n) is 4.27. The van der Waals surface area contributed by atoms with Gasteiger partial charge in [-0.05, 0) is 0 Å². The predicted molar refractivity (Wildman–Crippen MR) is 43.9 cm³/mol. The molecule has 11 heteroatoms. The third-order valence-electron chi connectivity index (χ3n) is 1.83. The van der Waals surface area contributed by atoms with Crippen LogP contribution < -0.4 is 0 Å². The Morgan fingerprint density at radius 2 is 1.47 bits per heavy atom. The van der Waals surface area contributed by atoms with Gasteiger partial charge in [-0.3, -0.25) is 0 Å². The molecular weight excluding hydrogens is 296 g/mol. The van der Waals surface area contributed by atoms with Gasteiger partial charge in [0.05, 0.1) is 0 Å². The number of alkyl halides is 8. The Labute approximate surface area is 100.0 Å². The smallest absolute Gasteiger partial charge is 0.449 e. The van der Waals surface area contributed by atoms with Crippen molar-refractivity contribution in [3.63, 3.8) is 0 Å². The van der Waals surface area contributed by atoms with E-state index in [1.807, 2.05) is 0 Å². The fourth-order valence-electron chi connectivity index (χ4n) is 0.877. The van der Waals surface area contributed by atoms with Gasteiger partial charge in [0.1, 0.15) is 5.76 Å². The lowest BCUT2D eigenvalue weighted by atomic mass is 10.0. The lowest BCUT2D eigenvalue weighted by Gasteiger charge is -2.30. The molecule has 0 aromatic heterocycles. The molecule has 0 aliphatic heterocycles. The number of allylic oxidation sites excluding steroid dienone is 1. The zero-order valence-corrected chi connectivity index (χ0v) is 8.73. The van der Waals surface area contributed by atoms with Gasteiger partial charge in [-0.2, -0.15) is 17.6 Å². The average molecular weight is 302 g/mol. The van der Waals surface area contributed by atoms with Crippen molar-refractivity contribution in [1.29, 1.82) is 0 Å². The van der Waals surface area contributed by atoms with Crippen molar-refractivity contribution in [2.45, 2.75) is 30.6 Å². The van der Waals surface area contributed by atoms with Gasteiger partial charge in [0, 0.05) is 0 Å². The molecule has 0 amide bonds. The van der Waals surface area contributed by atoms with Crippen LogP contribution in [0.15, 0.2) is 12.3 Å². The van der Waals surface area contributed by atoms with E-state index in [2.05, 4.69) is 11.3 Å². The summed E-state index contributed by atoms with van der Waals surface area (Å²) in [4.78, 5) is 9.86. The van der Waals surface area contributed by atoms with Crippen LogP contribution in [0.4, 0.5) is 39.9 Å². The first-order valence-corrected chi connectivity index (χ1v) is 4.27. The number of halogens is 8. The summed E-state index contributed by atoms with van der Waals surface area (Å²) in [6.45, 7) is 2.28. The van der Waals surface area contributed by atoms with Gasteiger partial charge in [-0.25, -0.2) is 22.4 Å². The van der Waals surface area contributed by atoms with Gasteiger partial charge in [-0.1, -0.05) is 6.58 Å². The molecule has 0 aliphatic rings. The molecule has 0 aliphatic carbocycles. The number of rotatable bonds is 6. The van der Waals surface area contributed by atoms with Crippen LogP contribution in [0.25, 0.3) is 0 Å². The molecule has 2 unspecified atom stereocenters. The predicted octanol–water partition coefficient (Wildman–Crippen LogP) is 3.41. The highest BCUT2D eigenvalue weighted by Crippen LogP contribution is 2.45. The standard InChI is InChI=1S/C8H6F8O3/c1-2(19-6(17)18)3(9)7(13,14)8(15,16)4(10)5(11)12/h3-5H,1H2,(H,17,18). The Bertz CT molecular complexity index is 356. The molecular formula is C8H6F8O3. The third kappa shape index (κ3) is 3.47. The molecule has 112 valence electrons. The Kier molecular flexibility index (Phi) is 5.15. The summed E-state index contributed by atoms with van der Waals surface area (Å²) < 4.78 is 103. The summed E-state index contributed by atoms with van der Waals surface area (Å²) in [7, 11) is 0. The van der Waals surface area contributed by atoms with E-state index in [9.17, 15) is 39.9 Å². The quantitative estimate of drug-likeness (QED) is 0.464. The Morgan fingerprint density at radius 1 is 1.05 bits per heavy atom. The topological polar surface area (TPSA) is 46.5 Å². The van der Waals surface area contributed by atoms with Gasteiger partial charge < -0.3 is 9.84 Å². The summed E-state index contributed by atoms with van der Waals surface area (Å²) in [5.41, 5.74) is 0. The van der Waals surface area contributed by atoms with Crippen molar-refractivity contribution >= 4 is 6.16 Å². The van der Waals surface area contributed by atoms with E-state index in [0.717, 1.165) is 0 Å². The fraction of sp³-hybridized carbons (Fsp3) is 0.625. The van der Waals surface area contributed by atoms with Gasteiger partial charge >= 0.3 is 18.0 Å². The molecule has 0 spiro atoms. The molecule has 0 heterocycles. The minimum Gasteiger partial charge on any atom is -0.449 e. The van der Waals surface area contributed by atoms with Crippen molar-refractivity contribution < 1.29 is 49.8 Å². The van der Waals surface area contributed by atoms with Crippen LogP contribution in [-0.4, -0.2) is 41.9 Å². The highest BCUT2D eigenvalue weighted by atomic mass is 19.3. The van der Waals surface area contributed by atoms with E-state index in [1.165, 1.54) is 0 Å². The number of hydrogen-bond acceptors (Lipinski definition) is 2. The van der Waals surface area contributed by atoms with Gasteiger partial charge in [0.15, 0.2) is 0 Å². The average Bonchev–Trinajstić information content (AvgIpc) is 2.25. The molecule has 2 atom stereocenters. The number of carboxylic acid groups (broad SMARTS) is 1. The number of carbonyl (C=O) groups is 1. The van der Waals surface area contributed by atoms with E-state index in [0.29, 0.717) is 0 Å². The van der Waals surface area contributed by atoms with Crippen LogP contribution in [0.1, 0.15) is 0 Å². The summed E-state index contributed by atoms with van der Waals surface area (Å²) in [5, 5.41) is 7.92. The molecule has 0 saturated carbocycles. The van der Waals surface area contributed by atoms with Gasteiger partial charge in [-0.15, -0.1) is 0 Å². The second-order valence-electron chi connectivity index (χ2n) is 3.18. The lowest BCUT2D eigenvalue weighted by Crippen LogP contribution is -2.56. The molecule has 0 aromatic rings. The maximum Gasteiger partial charge on any atom is 0.511 e. The van der Waals surface area contributed by atoms with Gasteiger partial charge in [0.25, 0.3) is 6.43 Å². The highest BCUT2D eigenvalue weighted by molar-refractivity contribution is 5.58. The molecule has 0 aromatic carbocycles. The van der Waals surface area contributed by atoms with Crippen molar-refractivity contribution in [3.05, 3.63) is 12.3 Å². The molecule has 19 heavy (non-hydrogen) atoms. The normalized spacial score (nSPS) is 16.1. The van der Waals surface area contributed by atoms with E-state index in [-0.39, 0.29) is 0 Å². The van der Waals surface area contributed by atoms with E-state index in [1.54, 1.807) is 0 Å². The molecule has 0 radical (unpaired) electrons.